The number of hydrazine groups is 1. The van der Waals surface area contributed by atoms with Crippen molar-refractivity contribution in [3.63, 3.8) is 0 Å². The molecule has 2 atom stereocenters. The molecule has 2 aliphatic rings. The Bertz CT molecular complexity index is 1480. The summed E-state index contributed by atoms with van der Waals surface area (Å²) in [7, 11) is -4.75. The molecule has 18 nitrogen and oxygen atoms in total. The van der Waals surface area contributed by atoms with Crippen LogP contribution >= 0.6 is 0 Å². The molecule has 0 aromatic heterocycles. The molecule has 0 spiro atoms. The maximum absolute atomic E-state index is 13.3. The first kappa shape index (κ1) is 33.7. The van der Waals surface area contributed by atoms with E-state index in [1.54, 1.807) is 5.43 Å². The average Bonchev–Trinajstić information content (AvgIpc) is 3.57. The van der Waals surface area contributed by atoms with E-state index in [2.05, 4.69) is 10.6 Å². The lowest BCUT2D eigenvalue weighted by Gasteiger charge is -2.28. The Hall–Kier alpha value is -4.75. The number of hydrogen-bond donors (Lipinski definition) is 5. The zero-order valence-electron chi connectivity index (χ0n) is 23.3. The predicted octanol–water partition coefficient (Wildman–Crippen LogP) is -1.01. The van der Waals surface area contributed by atoms with Gasteiger partial charge in [0, 0.05) is 43.4 Å². The minimum Gasteiger partial charge on any atom is -0.343 e. The number of carbonyl (C=O) groups is 6. The number of rotatable bonds is 14. The summed E-state index contributed by atoms with van der Waals surface area (Å²) in [4.78, 5) is 86.6. The van der Waals surface area contributed by atoms with Crippen LogP contribution in [0.5, 0.6) is 0 Å². The summed E-state index contributed by atoms with van der Waals surface area (Å²) >= 11 is 0. The van der Waals surface area contributed by atoms with Crippen molar-refractivity contribution in [2.45, 2.75) is 50.6 Å². The average molecular weight is 638 g/mol. The number of hydrogen-bond acceptors (Lipinski definition) is 11. The number of nitrogens with zero attached hydrogens (tertiary/aromatic N) is 3. The first-order chi connectivity index (χ1) is 20.7. The van der Waals surface area contributed by atoms with Crippen molar-refractivity contribution in [2.75, 3.05) is 24.2 Å². The van der Waals surface area contributed by atoms with Crippen molar-refractivity contribution in [1.82, 2.24) is 20.5 Å². The van der Waals surface area contributed by atoms with Gasteiger partial charge in [0.2, 0.25) is 17.7 Å². The highest BCUT2D eigenvalue weighted by atomic mass is 32.2. The number of carbonyl (C=O) groups excluding carboxylic acids is 6. The van der Waals surface area contributed by atoms with E-state index in [0.717, 1.165) is 34.1 Å². The van der Waals surface area contributed by atoms with E-state index in [1.165, 1.54) is 6.07 Å². The molecule has 0 saturated carbocycles. The van der Waals surface area contributed by atoms with Crippen LogP contribution < -0.4 is 21.9 Å². The quantitative estimate of drug-likeness (QED) is 0.0312. The van der Waals surface area contributed by atoms with Gasteiger partial charge >= 0.3 is 0 Å². The molecule has 0 radical (unpaired) electrons. The van der Waals surface area contributed by atoms with E-state index < -0.39 is 74.0 Å². The van der Waals surface area contributed by atoms with E-state index in [0.29, 0.717) is 19.3 Å². The zero-order chi connectivity index (χ0) is 32.6. The van der Waals surface area contributed by atoms with Gasteiger partial charge in [0.1, 0.15) is 23.4 Å². The lowest BCUT2D eigenvalue weighted by molar-refractivity contribution is -0.385. The second-order valence-corrected chi connectivity index (χ2v) is 11.5. The first-order valence-corrected chi connectivity index (χ1v) is 15.0. The number of likely N-dealkylation sites (tertiary alicyclic amines) is 1. The van der Waals surface area contributed by atoms with Gasteiger partial charge in [-0.1, -0.05) is 6.42 Å². The van der Waals surface area contributed by atoms with Crippen molar-refractivity contribution >= 4 is 56.9 Å². The number of nitro groups is 1. The van der Waals surface area contributed by atoms with Crippen LogP contribution in [0.4, 0.5) is 11.4 Å². The number of nitrogen functional groups attached to an aromatic ring is 1. The van der Waals surface area contributed by atoms with Crippen molar-refractivity contribution in [2.24, 2.45) is 5.84 Å². The number of amides is 6. The molecule has 1 unspecified atom stereocenters. The molecule has 3 rings (SSSR count). The van der Waals surface area contributed by atoms with Gasteiger partial charge in [0.15, 0.2) is 0 Å². The van der Waals surface area contributed by atoms with Gasteiger partial charge in [-0.2, -0.15) is 8.42 Å². The molecule has 6 N–H and O–H groups in total. The summed E-state index contributed by atoms with van der Waals surface area (Å²) in [6.07, 6.45) is 3.81. The molecular formula is C25H31N7O11S. The Labute approximate surface area is 250 Å². The van der Waals surface area contributed by atoms with Crippen LogP contribution in [-0.4, -0.2) is 94.1 Å². The fourth-order valence-electron chi connectivity index (χ4n) is 4.79. The number of anilines is 1. The molecule has 1 saturated heterocycles. The summed E-state index contributed by atoms with van der Waals surface area (Å²) in [6, 6.07) is 0.374. The second kappa shape index (κ2) is 14.6. The van der Waals surface area contributed by atoms with Crippen LogP contribution in [0.15, 0.2) is 30.4 Å². The summed E-state index contributed by atoms with van der Waals surface area (Å²) in [6.45, 7) is 0.183. The highest BCUT2D eigenvalue weighted by Gasteiger charge is 2.39. The minimum atomic E-state index is -4.75. The molecule has 2 heterocycles. The largest absolute Gasteiger partial charge is 0.343 e. The molecule has 6 amide bonds. The predicted molar refractivity (Wildman–Crippen MR) is 151 cm³/mol. The highest BCUT2D eigenvalue weighted by Crippen LogP contribution is 2.25. The Morgan fingerprint density at radius 3 is 2.41 bits per heavy atom. The number of imide groups is 1. The van der Waals surface area contributed by atoms with Crippen LogP contribution in [0.3, 0.4) is 0 Å². The summed E-state index contributed by atoms with van der Waals surface area (Å²) in [5, 5.41) is 16.1. The van der Waals surface area contributed by atoms with E-state index >= 15 is 0 Å². The van der Waals surface area contributed by atoms with Crippen molar-refractivity contribution in [1.29, 1.82) is 0 Å². The molecule has 238 valence electrons. The molecule has 19 heteroatoms. The van der Waals surface area contributed by atoms with Gasteiger partial charge in [-0.15, -0.1) is 0 Å². The van der Waals surface area contributed by atoms with Gasteiger partial charge in [-0.05, 0) is 37.8 Å². The molecule has 1 fully saturated rings. The van der Waals surface area contributed by atoms with Crippen LogP contribution in [-0.2, 0) is 34.1 Å². The van der Waals surface area contributed by atoms with Crippen LogP contribution in [0.1, 0.15) is 48.9 Å². The third-order valence-electron chi connectivity index (χ3n) is 6.87. The maximum atomic E-state index is 13.3. The van der Waals surface area contributed by atoms with Crippen molar-refractivity contribution < 1.29 is 46.7 Å². The Balaban J connectivity index is 1.62. The molecular weight excluding hydrogens is 606 g/mol. The zero-order valence-corrected chi connectivity index (χ0v) is 24.1. The number of nitrogens with one attached hydrogen (secondary N) is 3. The number of nitrogens with two attached hydrogens (primary N) is 1. The van der Waals surface area contributed by atoms with Gasteiger partial charge in [0.05, 0.1) is 4.92 Å². The number of unbranched alkanes of at least 4 members (excludes halogenated alkanes) is 2. The monoisotopic (exact) mass is 637 g/mol. The topological polar surface area (TPSA) is 269 Å². The third-order valence-corrected chi connectivity index (χ3v) is 7.63. The van der Waals surface area contributed by atoms with E-state index in [4.69, 9.17) is 5.84 Å². The van der Waals surface area contributed by atoms with Crippen LogP contribution in [0, 0.1) is 10.1 Å². The smallest absolute Gasteiger partial charge is 0.284 e. The molecule has 2 aliphatic heterocycles. The molecule has 1 aromatic rings. The molecule has 44 heavy (non-hydrogen) atoms. The Morgan fingerprint density at radius 1 is 1.11 bits per heavy atom. The van der Waals surface area contributed by atoms with Crippen LogP contribution in [0.2, 0.25) is 0 Å². The standard InChI is InChI=1S/C25H31N7O11S/c26-29-23(36)16-8-7-15(13-19(16)32(39)40)27-24(37)18-5-4-12-30(18)25(38)17(14-44(41,42)43)28-20(33)6-2-1-3-11-31-21(34)9-10-22(31)35/h7-10,13,17-18H,1-6,11-12,14,26H2,(H,27,37)(H,28,33)(H,29,36)(H,41,42,43)/t17?,18-/m0/s1. The fourth-order valence-corrected chi connectivity index (χ4v) is 5.44. The van der Waals surface area contributed by atoms with E-state index in [1.807, 2.05) is 0 Å². The van der Waals surface area contributed by atoms with Crippen LogP contribution in [0.25, 0.3) is 0 Å². The fraction of sp³-hybridized carbons (Fsp3) is 0.440. The Kier molecular flexibility index (Phi) is 11.2. The van der Waals surface area contributed by atoms with Crippen molar-refractivity contribution in [3.8, 4) is 0 Å². The highest BCUT2D eigenvalue weighted by molar-refractivity contribution is 7.85. The minimum absolute atomic E-state index is 0.0212. The SMILES string of the molecule is NNC(=O)c1ccc(NC(=O)[C@@H]2CCCN2C(=O)C(CS(=O)(=O)O)NC(=O)CCCCCN2C(=O)C=CC2=O)cc1[N+](=O)[O-]. The summed E-state index contributed by atoms with van der Waals surface area (Å²) in [5.41, 5.74) is 0.717. The van der Waals surface area contributed by atoms with E-state index in [9.17, 15) is 51.9 Å². The lowest BCUT2D eigenvalue weighted by atomic mass is 10.1. The molecule has 0 aliphatic carbocycles. The number of benzene rings is 1. The van der Waals surface area contributed by atoms with Crippen molar-refractivity contribution in [3.05, 3.63) is 46.0 Å². The summed E-state index contributed by atoms with van der Waals surface area (Å²) < 4.78 is 32.7. The summed E-state index contributed by atoms with van der Waals surface area (Å²) in [5.74, 6) is -0.282. The molecule has 1 aromatic carbocycles. The van der Waals surface area contributed by atoms with Gasteiger partial charge in [-0.3, -0.25) is 53.8 Å². The normalized spacial score (nSPS) is 17.0. The van der Waals surface area contributed by atoms with Gasteiger partial charge in [0.25, 0.3) is 33.5 Å². The van der Waals surface area contributed by atoms with E-state index in [-0.39, 0.29) is 43.6 Å². The second-order valence-electron chi connectivity index (χ2n) is 9.98. The lowest BCUT2D eigenvalue weighted by Crippen LogP contribution is -2.54. The van der Waals surface area contributed by atoms with Gasteiger partial charge < -0.3 is 15.5 Å². The Morgan fingerprint density at radius 2 is 1.80 bits per heavy atom. The maximum Gasteiger partial charge on any atom is 0.284 e. The molecule has 0 bridgehead atoms. The number of nitro benzene ring substituents is 1. The van der Waals surface area contributed by atoms with Gasteiger partial charge in [-0.25, -0.2) is 5.84 Å². The third kappa shape index (κ3) is 8.88. The first-order valence-electron chi connectivity index (χ1n) is 13.4.